The highest BCUT2D eigenvalue weighted by Gasteiger charge is 2.08. The predicted octanol–water partition coefficient (Wildman–Crippen LogP) is 3.11. The fourth-order valence-electron chi connectivity index (χ4n) is 1.62. The van der Waals surface area contributed by atoms with E-state index in [0.717, 1.165) is 16.3 Å². The van der Waals surface area contributed by atoms with Crippen LogP contribution in [0, 0.1) is 0 Å². The van der Waals surface area contributed by atoms with Crippen LogP contribution in [0.25, 0.3) is 10.8 Å². The van der Waals surface area contributed by atoms with Gasteiger partial charge in [0.1, 0.15) is 0 Å². The van der Waals surface area contributed by atoms with Crippen LogP contribution in [0.2, 0.25) is 0 Å². The van der Waals surface area contributed by atoms with E-state index in [1.165, 1.54) is 0 Å². The van der Waals surface area contributed by atoms with E-state index >= 15 is 0 Å². The van der Waals surface area contributed by atoms with Gasteiger partial charge < -0.3 is 5.11 Å². The van der Waals surface area contributed by atoms with Crippen molar-refractivity contribution in [2.45, 2.75) is 5.38 Å². The van der Waals surface area contributed by atoms with Crippen LogP contribution in [0.4, 0.5) is 0 Å². The molecule has 1 atom stereocenters. The summed E-state index contributed by atoms with van der Waals surface area (Å²) in [5.41, 5.74) is 0.993. The molecule has 0 radical (unpaired) electrons. The van der Waals surface area contributed by atoms with E-state index in [9.17, 15) is 0 Å². The highest BCUT2D eigenvalue weighted by Crippen LogP contribution is 2.27. The summed E-state index contributed by atoms with van der Waals surface area (Å²) in [4.78, 5) is 0. The third kappa shape index (κ3) is 1.61. The Morgan fingerprint density at radius 3 is 2.57 bits per heavy atom. The zero-order valence-electron chi connectivity index (χ0n) is 7.65. The summed E-state index contributed by atoms with van der Waals surface area (Å²) in [6.07, 6.45) is 0. The summed E-state index contributed by atoms with van der Waals surface area (Å²) >= 11 is 6.02. The molecular formula is C12H11ClO. The van der Waals surface area contributed by atoms with Gasteiger partial charge in [-0.1, -0.05) is 42.5 Å². The van der Waals surface area contributed by atoms with Crippen LogP contribution in [0.1, 0.15) is 10.9 Å². The number of alkyl halides is 1. The van der Waals surface area contributed by atoms with Crippen LogP contribution >= 0.6 is 11.6 Å². The highest BCUT2D eigenvalue weighted by molar-refractivity contribution is 6.21. The van der Waals surface area contributed by atoms with E-state index < -0.39 is 0 Å². The minimum absolute atomic E-state index is 0.0322. The summed E-state index contributed by atoms with van der Waals surface area (Å²) in [6, 6.07) is 14.0. The highest BCUT2D eigenvalue weighted by atomic mass is 35.5. The first kappa shape index (κ1) is 9.50. The lowest BCUT2D eigenvalue weighted by Gasteiger charge is -2.09. The molecule has 0 saturated heterocycles. The molecule has 0 aliphatic heterocycles. The second-order valence-electron chi connectivity index (χ2n) is 3.22. The zero-order valence-corrected chi connectivity index (χ0v) is 8.41. The van der Waals surface area contributed by atoms with Gasteiger partial charge >= 0.3 is 0 Å². The normalized spacial score (nSPS) is 13.0. The smallest absolute Gasteiger partial charge is 0.0822 e. The van der Waals surface area contributed by atoms with E-state index in [4.69, 9.17) is 16.7 Å². The minimum Gasteiger partial charge on any atom is -0.394 e. The summed E-state index contributed by atoms with van der Waals surface area (Å²) in [5, 5.41) is 11.0. The fourth-order valence-corrected chi connectivity index (χ4v) is 1.81. The van der Waals surface area contributed by atoms with Gasteiger partial charge in [-0.3, -0.25) is 0 Å². The lowest BCUT2D eigenvalue weighted by atomic mass is 10.0. The summed E-state index contributed by atoms with van der Waals surface area (Å²) < 4.78 is 0. The quantitative estimate of drug-likeness (QED) is 0.749. The Kier molecular flexibility index (Phi) is 2.71. The number of fused-ring (bicyclic) bond motifs is 1. The van der Waals surface area contributed by atoms with Crippen molar-refractivity contribution in [2.24, 2.45) is 0 Å². The molecule has 0 amide bonds. The van der Waals surface area contributed by atoms with Crippen molar-refractivity contribution in [2.75, 3.05) is 6.61 Å². The molecule has 72 valence electrons. The molecular weight excluding hydrogens is 196 g/mol. The molecule has 0 aliphatic carbocycles. The van der Waals surface area contributed by atoms with Crippen molar-refractivity contribution in [1.29, 1.82) is 0 Å². The maximum absolute atomic E-state index is 9.02. The van der Waals surface area contributed by atoms with Gasteiger partial charge in [-0.05, 0) is 16.3 Å². The Hall–Kier alpha value is -1.05. The number of benzene rings is 2. The van der Waals surface area contributed by atoms with E-state index in [0.29, 0.717) is 0 Å². The predicted molar refractivity (Wildman–Crippen MR) is 59.6 cm³/mol. The molecule has 1 nitrogen and oxygen atoms in total. The summed E-state index contributed by atoms with van der Waals surface area (Å²) in [5.74, 6) is 0. The van der Waals surface area contributed by atoms with Crippen molar-refractivity contribution < 1.29 is 5.11 Å². The van der Waals surface area contributed by atoms with Crippen molar-refractivity contribution in [1.82, 2.24) is 0 Å². The van der Waals surface area contributed by atoms with Crippen LogP contribution in [0.5, 0.6) is 0 Å². The molecule has 2 heteroatoms. The largest absolute Gasteiger partial charge is 0.394 e. The molecule has 2 rings (SSSR count). The molecule has 1 N–H and O–H groups in total. The number of hydrogen-bond acceptors (Lipinski definition) is 1. The molecule has 0 heterocycles. The van der Waals surface area contributed by atoms with Crippen LogP contribution in [-0.2, 0) is 0 Å². The van der Waals surface area contributed by atoms with Crippen molar-refractivity contribution in [3.05, 3.63) is 48.0 Å². The van der Waals surface area contributed by atoms with Gasteiger partial charge in [0.15, 0.2) is 0 Å². The molecule has 0 saturated carbocycles. The molecule has 2 aromatic carbocycles. The second kappa shape index (κ2) is 3.99. The number of hydrogen-bond donors (Lipinski definition) is 1. The first-order valence-electron chi connectivity index (χ1n) is 4.55. The Labute approximate surface area is 87.9 Å². The van der Waals surface area contributed by atoms with Crippen LogP contribution in [0.3, 0.4) is 0 Å². The summed E-state index contributed by atoms with van der Waals surface area (Å²) in [7, 11) is 0. The number of aliphatic hydroxyl groups excluding tert-OH is 1. The molecule has 0 fully saturated rings. The van der Waals surface area contributed by atoms with E-state index in [1.807, 2.05) is 42.5 Å². The van der Waals surface area contributed by atoms with Crippen LogP contribution < -0.4 is 0 Å². The van der Waals surface area contributed by atoms with Gasteiger partial charge in [-0.15, -0.1) is 11.6 Å². The third-order valence-electron chi connectivity index (χ3n) is 2.32. The average Bonchev–Trinajstić information content (AvgIpc) is 2.27. The third-order valence-corrected chi connectivity index (χ3v) is 2.69. The first-order chi connectivity index (χ1) is 6.83. The van der Waals surface area contributed by atoms with Gasteiger partial charge in [-0.25, -0.2) is 0 Å². The molecule has 0 aliphatic rings. The Morgan fingerprint density at radius 1 is 1.07 bits per heavy atom. The monoisotopic (exact) mass is 206 g/mol. The molecule has 1 unspecified atom stereocenters. The lowest BCUT2D eigenvalue weighted by Crippen LogP contribution is -1.96. The Balaban J connectivity index is 2.65. The van der Waals surface area contributed by atoms with Gasteiger partial charge in [0.05, 0.1) is 12.0 Å². The van der Waals surface area contributed by atoms with E-state index in [2.05, 4.69) is 0 Å². The SMILES string of the molecule is OCC(Cl)c1cccc2ccccc12. The average molecular weight is 207 g/mol. The zero-order chi connectivity index (χ0) is 9.97. The topological polar surface area (TPSA) is 20.2 Å². The fraction of sp³-hybridized carbons (Fsp3) is 0.167. The van der Waals surface area contributed by atoms with Gasteiger partial charge in [0.25, 0.3) is 0 Å². The number of aliphatic hydroxyl groups is 1. The summed E-state index contributed by atoms with van der Waals surface area (Å²) in [6.45, 7) is -0.0322. The number of rotatable bonds is 2. The van der Waals surface area contributed by atoms with E-state index in [-0.39, 0.29) is 12.0 Å². The van der Waals surface area contributed by atoms with Crippen molar-refractivity contribution in [3.8, 4) is 0 Å². The van der Waals surface area contributed by atoms with E-state index in [1.54, 1.807) is 0 Å². The molecule has 14 heavy (non-hydrogen) atoms. The van der Waals surface area contributed by atoms with Crippen LogP contribution in [0.15, 0.2) is 42.5 Å². The standard InChI is InChI=1S/C12H11ClO/c13-12(8-14)11-7-3-5-9-4-1-2-6-10(9)11/h1-7,12,14H,8H2. The Morgan fingerprint density at radius 2 is 1.79 bits per heavy atom. The maximum Gasteiger partial charge on any atom is 0.0822 e. The van der Waals surface area contributed by atoms with Crippen molar-refractivity contribution >= 4 is 22.4 Å². The van der Waals surface area contributed by atoms with Gasteiger partial charge in [0, 0.05) is 0 Å². The minimum atomic E-state index is -0.318. The molecule has 0 aromatic heterocycles. The van der Waals surface area contributed by atoms with Gasteiger partial charge in [0.2, 0.25) is 0 Å². The second-order valence-corrected chi connectivity index (χ2v) is 3.75. The van der Waals surface area contributed by atoms with Gasteiger partial charge in [-0.2, -0.15) is 0 Å². The van der Waals surface area contributed by atoms with Crippen LogP contribution in [-0.4, -0.2) is 11.7 Å². The van der Waals surface area contributed by atoms with Crippen molar-refractivity contribution in [3.63, 3.8) is 0 Å². The number of halogens is 1. The molecule has 0 spiro atoms. The molecule has 0 bridgehead atoms. The lowest BCUT2D eigenvalue weighted by molar-refractivity contribution is 0.294. The molecule has 2 aromatic rings. The maximum atomic E-state index is 9.02. The Bertz CT molecular complexity index is 434. The first-order valence-corrected chi connectivity index (χ1v) is 4.99.